The van der Waals surface area contributed by atoms with Crippen LogP contribution in [0, 0.1) is 0 Å². The number of nitrogens with one attached hydrogen (secondary N) is 2. The number of anilines is 2. The number of amides is 1. The summed E-state index contributed by atoms with van der Waals surface area (Å²) in [5, 5.41) is 7.25. The zero-order chi connectivity index (χ0) is 19.8. The van der Waals surface area contributed by atoms with E-state index < -0.39 is 5.54 Å². The van der Waals surface area contributed by atoms with Crippen molar-refractivity contribution in [2.75, 3.05) is 23.7 Å². The van der Waals surface area contributed by atoms with E-state index in [9.17, 15) is 4.79 Å². The number of aliphatic imine (C=N–C) groups is 1. The maximum absolute atomic E-state index is 13.2. The van der Waals surface area contributed by atoms with Crippen LogP contribution in [-0.4, -0.2) is 50.9 Å². The van der Waals surface area contributed by atoms with Gasteiger partial charge in [-0.3, -0.25) is 9.79 Å². The van der Waals surface area contributed by atoms with Gasteiger partial charge in [0.1, 0.15) is 17.1 Å². The van der Waals surface area contributed by atoms with Gasteiger partial charge in [-0.15, -0.1) is 0 Å². The second kappa shape index (κ2) is 7.21. The second-order valence-electron chi connectivity index (χ2n) is 8.48. The van der Waals surface area contributed by atoms with Gasteiger partial charge in [-0.05, 0) is 49.9 Å². The van der Waals surface area contributed by atoms with E-state index in [0.29, 0.717) is 12.6 Å². The highest BCUT2D eigenvalue weighted by molar-refractivity contribution is 6.09. The first kappa shape index (κ1) is 18.2. The summed E-state index contributed by atoms with van der Waals surface area (Å²) in [6.07, 6.45) is 10.4. The molecule has 1 aliphatic carbocycles. The number of aromatic nitrogens is 2. The van der Waals surface area contributed by atoms with E-state index in [2.05, 4.69) is 15.6 Å². The number of carbonyl (C=O) groups is 1. The Morgan fingerprint density at radius 2 is 2.10 bits per heavy atom. The highest BCUT2D eigenvalue weighted by atomic mass is 16.2. The number of carbonyl (C=O) groups excluding carboxylic acids is 1. The molecule has 29 heavy (non-hydrogen) atoms. The van der Waals surface area contributed by atoms with Gasteiger partial charge in [0.25, 0.3) is 5.91 Å². The molecule has 0 radical (unpaired) electrons. The summed E-state index contributed by atoms with van der Waals surface area (Å²) in [6.45, 7) is 1.37. The molecule has 7 nitrogen and oxygen atoms in total. The first-order chi connectivity index (χ1) is 14.1. The van der Waals surface area contributed by atoms with Crippen LogP contribution in [0.1, 0.15) is 49.0 Å². The standard InChI is InChI=1S/C22H28N6O/c1-27-13-5-10-18(27)20(29)28-14-6-11-22(15-28)21(24-16-7-2-3-8-16)25-19-17(26-22)9-4-12-23-19/h4-5,9-10,12-13,16,26H,2-3,6-8,11,14-15H2,1H3,(H,23,24,25). The summed E-state index contributed by atoms with van der Waals surface area (Å²) in [5.41, 5.74) is 1.31. The van der Waals surface area contributed by atoms with Crippen molar-refractivity contribution in [1.82, 2.24) is 14.5 Å². The highest BCUT2D eigenvalue weighted by Crippen LogP contribution is 2.36. The lowest BCUT2D eigenvalue weighted by Crippen LogP contribution is -2.63. The van der Waals surface area contributed by atoms with E-state index in [4.69, 9.17) is 4.99 Å². The minimum Gasteiger partial charge on any atom is -0.368 e. The van der Waals surface area contributed by atoms with E-state index in [1.54, 1.807) is 6.20 Å². The maximum Gasteiger partial charge on any atom is 0.270 e. The van der Waals surface area contributed by atoms with Crippen molar-refractivity contribution < 1.29 is 4.79 Å². The normalized spacial score (nSPS) is 25.7. The molecule has 3 aliphatic rings. The van der Waals surface area contributed by atoms with Crippen molar-refractivity contribution in [3.05, 3.63) is 42.4 Å². The van der Waals surface area contributed by atoms with Crippen LogP contribution < -0.4 is 10.6 Å². The van der Waals surface area contributed by atoms with Crippen molar-refractivity contribution in [1.29, 1.82) is 0 Å². The largest absolute Gasteiger partial charge is 0.368 e. The molecule has 1 saturated carbocycles. The van der Waals surface area contributed by atoms with Gasteiger partial charge in [-0.25, -0.2) is 4.98 Å². The first-order valence-corrected chi connectivity index (χ1v) is 10.6. The van der Waals surface area contributed by atoms with Crippen LogP contribution in [0.3, 0.4) is 0 Å². The Kier molecular flexibility index (Phi) is 4.53. The quantitative estimate of drug-likeness (QED) is 0.823. The predicted molar refractivity (Wildman–Crippen MR) is 114 cm³/mol. The molecule has 1 amide bonds. The summed E-state index contributed by atoms with van der Waals surface area (Å²) in [4.78, 5) is 24.8. The summed E-state index contributed by atoms with van der Waals surface area (Å²) in [5.74, 6) is 1.84. The fourth-order valence-electron chi connectivity index (χ4n) is 4.90. The summed E-state index contributed by atoms with van der Waals surface area (Å²) >= 11 is 0. The van der Waals surface area contributed by atoms with Crippen molar-refractivity contribution in [2.45, 2.75) is 50.1 Å². The van der Waals surface area contributed by atoms with Crippen LogP contribution in [0.2, 0.25) is 0 Å². The van der Waals surface area contributed by atoms with E-state index in [1.807, 2.05) is 47.0 Å². The van der Waals surface area contributed by atoms with Gasteiger partial charge in [0.2, 0.25) is 0 Å². The van der Waals surface area contributed by atoms with Crippen molar-refractivity contribution >= 4 is 23.2 Å². The van der Waals surface area contributed by atoms with E-state index >= 15 is 0 Å². The average Bonchev–Trinajstić information content (AvgIpc) is 3.40. The molecule has 7 heteroatoms. The first-order valence-electron chi connectivity index (χ1n) is 10.6. The van der Waals surface area contributed by atoms with E-state index in [0.717, 1.165) is 55.3 Å². The zero-order valence-corrected chi connectivity index (χ0v) is 16.9. The Labute approximate surface area is 171 Å². The van der Waals surface area contributed by atoms with Crippen molar-refractivity contribution in [3.63, 3.8) is 0 Å². The molecule has 5 rings (SSSR count). The van der Waals surface area contributed by atoms with Gasteiger partial charge >= 0.3 is 0 Å². The van der Waals surface area contributed by atoms with Crippen LogP contribution in [0.4, 0.5) is 11.5 Å². The number of hydrogen-bond acceptors (Lipinski definition) is 4. The number of piperidine rings is 1. The summed E-state index contributed by atoms with van der Waals surface area (Å²) in [6, 6.07) is 8.16. The molecule has 2 fully saturated rings. The Morgan fingerprint density at radius 3 is 2.90 bits per heavy atom. The minimum atomic E-state index is -0.391. The zero-order valence-electron chi connectivity index (χ0n) is 16.9. The molecule has 1 unspecified atom stereocenters. The van der Waals surface area contributed by atoms with Crippen molar-refractivity contribution in [2.24, 2.45) is 12.0 Å². The van der Waals surface area contributed by atoms with Crippen molar-refractivity contribution in [3.8, 4) is 0 Å². The van der Waals surface area contributed by atoms with Crippen LogP contribution in [0.15, 0.2) is 41.7 Å². The number of rotatable bonds is 2. The monoisotopic (exact) mass is 392 g/mol. The highest BCUT2D eigenvalue weighted by Gasteiger charge is 2.45. The Balaban J connectivity index is 1.49. The van der Waals surface area contributed by atoms with Gasteiger partial charge in [0, 0.05) is 26.0 Å². The Hall–Kier alpha value is -2.83. The van der Waals surface area contributed by atoms with Crippen LogP contribution in [0.5, 0.6) is 0 Å². The molecule has 1 saturated heterocycles. The molecule has 0 bridgehead atoms. The molecule has 2 aliphatic heterocycles. The van der Waals surface area contributed by atoms with Crippen LogP contribution in [0.25, 0.3) is 0 Å². The smallest absolute Gasteiger partial charge is 0.270 e. The fraction of sp³-hybridized carbons (Fsp3) is 0.500. The molecule has 2 aromatic rings. The molecular formula is C22H28N6O. The Morgan fingerprint density at radius 1 is 1.24 bits per heavy atom. The number of amidine groups is 1. The van der Waals surface area contributed by atoms with Gasteiger partial charge < -0.3 is 20.1 Å². The third kappa shape index (κ3) is 3.28. The fourth-order valence-corrected chi connectivity index (χ4v) is 4.90. The second-order valence-corrected chi connectivity index (χ2v) is 8.48. The number of pyridine rings is 1. The van der Waals surface area contributed by atoms with Gasteiger partial charge in [0.15, 0.2) is 5.82 Å². The summed E-state index contributed by atoms with van der Waals surface area (Å²) in [7, 11) is 1.92. The van der Waals surface area contributed by atoms with Gasteiger partial charge in [-0.2, -0.15) is 0 Å². The third-order valence-corrected chi connectivity index (χ3v) is 6.45. The van der Waals surface area contributed by atoms with E-state index in [1.165, 1.54) is 12.8 Å². The minimum absolute atomic E-state index is 0.0792. The lowest BCUT2D eigenvalue weighted by Gasteiger charge is -2.47. The Bertz CT molecular complexity index is 944. The average molecular weight is 393 g/mol. The molecule has 4 heterocycles. The number of hydrogen-bond donors (Lipinski definition) is 2. The van der Waals surface area contributed by atoms with Crippen LogP contribution >= 0.6 is 0 Å². The van der Waals surface area contributed by atoms with Gasteiger partial charge in [0.05, 0.1) is 18.3 Å². The third-order valence-electron chi connectivity index (χ3n) is 6.45. The molecule has 152 valence electrons. The number of aryl methyl sites for hydroxylation is 1. The number of fused-ring (bicyclic) bond motifs is 1. The topological polar surface area (TPSA) is 74.6 Å². The molecule has 1 spiro atoms. The molecule has 0 aromatic carbocycles. The predicted octanol–water partition coefficient (Wildman–Crippen LogP) is 3.27. The molecule has 1 atom stereocenters. The lowest BCUT2D eigenvalue weighted by molar-refractivity contribution is 0.0684. The maximum atomic E-state index is 13.2. The molecule has 2 aromatic heterocycles. The SMILES string of the molecule is Cn1cccc1C(=O)N1CCCC2(C1)Nc1cccnc1NC2=NC1CCCC1. The number of nitrogens with zero attached hydrogens (tertiary/aromatic N) is 4. The number of likely N-dealkylation sites (tertiary alicyclic amines) is 1. The molecule has 2 N–H and O–H groups in total. The van der Waals surface area contributed by atoms with E-state index in [-0.39, 0.29) is 5.91 Å². The summed E-state index contributed by atoms with van der Waals surface area (Å²) < 4.78 is 1.89. The lowest BCUT2D eigenvalue weighted by atomic mass is 9.85. The molecular weight excluding hydrogens is 364 g/mol. The van der Waals surface area contributed by atoms with Gasteiger partial charge in [-0.1, -0.05) is 12.8 Å². The van der Waals surface area contributed by atoms with Crippen LogP contribution in [-0.2, 0) is 7.05 Å².